The van der Waals surface area contributed by atoms with Gasteiger partial charge in [0.05, 0.1) is 5.57 Å². The molecular weight excluding hydrogens is 402 g/mol. The number of hydrogen-bond acceptors (Lipinski definition) is 4. The van der Waals surface area contributed by atoms with Crippen molar-refractivity contribution in [3.63, 3.8) is 0 Å². The number of furan rings is 1. The summed E-state index contributed by atoms with van der Waals surface area (Å²) < 4.78 is 5.83. The quantitative estimate of drug-likeness (QED) is 0.262. The number of rotatable bonds is 3. The van der Waals surface area contributed by atoms with Gasteiger partial charge in [-0.3, -0.25) is 14.5 Å². The van der Waals surface area contributed by atoms with Crippen LogP contribution in [0.5, 0.6) is 0 Å². The maximum atomic E-state index is 13.2. The minimum absolute atomic E-state index is 0.0141. The monoisotopic (exact) mass is 423 g/mol. The summed E-state index contributed by atoms with van der Waals surface area (Å²) in [6.07, 6.45) is 0. The van der Waals surface area contributed by atoms with E-state index in [-0.39, 0.29) is 11.3 Å². The fourth-order valence-corrected chi connectivity index (χ4v) is 4.17. The number of fused-ring (bicyclic) bond motifs is 1. The third-order valence-electron chi connectivity index (χ3n) is 5.81. The molecule has 2 heterocycles. The Hall–Kier alpha value is -4.12. The van der Waals surface area contributed by atoms with Crippen molar-refractivity contribution in [2.75, 3.05) is 4.90 Å². The van der Waals surface area contributed by atoms with Crippen molar-refractivity contribution >= 4 is 33.9 Å². The van der Waals surface area contributed by atoms with Crippen LogP contribution in [0.1, 0.15) is 28.7 Å². The lowest BCUT2D eigenvalue weighted by Gasteiger charge is -2.23. The van der Waals surface area contributed by atoms with Crippen molar-refractivity contribution in [2.45, 2.75) is 19.9 Å². The standard InChI is InChI=1S/C27H21NO4/c1-16-7-12-21(13-8-16)28-24(22-14-9-17(2)32-22)23(26(30)27(28)31)25(29)20-11-10-18-5-3-4-6-19(18)15-20/h3-15,24,29H,1-2H3/b25-23-. The lowest BCUT2D eigenvalue weighted by atomic mass is 9.97. The Morgan fingerprint density at radius 2 is 1.59 bits per heavy atom. The molecule has 1 fully saturated rings. The van der Waals surface area contributed by atoms with Gasteiger partial charge in [0.25, 0.3) is 11.7 Å². The van der Waals surface area contributed by atoms with E-state index in [4.69, 9.17) is 4.42 Å². The van der Waals surface area contributed by atoms with Gasteiger partial charge in [-0.25, -0.2) is 0 Å². The van der Waals surface area contributed by atoms with Crippen molar-refractivity contribution < 1.29 is 19.1 Å². The van der Waals surface area contributed by atoms with Crippen molar-refractivity contribution in [1.82, 2.24) is 0 Å². The van der Waals surface area contributed by atoms with Gasteiger partial charge in [-0.1, -0.05) is 54.1 Å². The van der Waals surface area contributed by atoms with E-state index in [1.807, 2.05) is 55.5 Å². The Morgan fingerprint density at radius 1 is 0.875 bits per heavy atom. The maximum Gasteiger partial charge on any atom is 0.300 e. The van der Waals surface area contributed by atoms with E-state index in [0.29, 0.717) is 22.8 Å². The second-order valence-electron chi connectivity index (χ2n) is 8.01. The molecule has 1 aliphatic rings. The highest BCUT2D eigenvalue weighted by atomic mass is 16.3. The molecule has 32 heavy (non-hydrogen) atoms. The molecule has 1 amide bonds. The first kappa shape index (κ1) is 19.8. The number of carbonyl (C=O) groups is 2. The Balaban J connectivity index is 1.72. The van der Waals surface area contributed by atoms with Crippen LogP contribution in [0.2, 0.25) is 0 Å². The molecule has 0 bridgehead atoms. The number of Topliss-reactive ketones (excluding diaryl/α,β-unsaturated/α-hetero) is 1. The van der Waals surface area contributed by atoms with Gasteiger partial charge in [-0.05, 0) is 55.0 Å². The van der Waals surface area contributed by atoms with Gasteiger partial charge < -0.3 is 9.52 Å². The summed E-state index contributed by atoms with van der Waals surface area (Å²) in [5, 5.41) is 13.2. The molecule has 0 radical (unpaired) electrons. The third kappa shape index (κ3) is 3.19. The van der Waals surface area contributed by atoms with Crippen molar-refractivity contribution in [2.24, 2.45) is 0 Å². The summed E-state index contributed by atoms with van der Waals surface area (Å²) in [7, 11) is 0. The highest BCUT2D eigenvalue weighted by Gasteiger charge is 2.48. The number of amides is 1. The average molecular weight is 423 g/mol. The Bertz CT molecular complexity index is 1390. The number of aliphatic hydroxyl groups is 1. The fourth-order valence-electron chi connectivity index (χ4n) is 4.17. The second kappa shape index (κ2) is 7.54. The average Bonchev–Trinajstić information content (AvgIpc) is 3.34. The zero-order chi connectivity index (χ0) is 22.4. The maximum absolute atomic E-state index is 13.2. The van der Waals surface area contributed by atoms with E-state index in [1.54, 1.807) is 37.3 Å². The van der Waals surface area contributed by atoms with Crippen molar-refractivity contribution in [3.8, 4) is 0 Å². The summed E-state index contributed by atoms with van der Waals surface area (Å²) in [6.45, 7) is 3.75. The highest BCUT2D eigenvalue weighted by molar-refractivity contribution is 6.51. The number of benzene rings is 3. The molecule has 1 N–H and O–H groups in total. The smallest absolute Gasteiger partial charge is 0.300 e. The number of anilines is 1. The molecule has 1 unspecified atom stereocenters. The molecule has 1 saturated heterocycles. The molecule has 5 rings (SSSR count). The molecule has 5 heteroatoms. The van der Waals surface area contributed by atoms with Crippen LogP contribution in [0.4, 0.5) is 5.69 Å². The molecule has 0 aliphatic carbocycles. The number of hydrogen-bond donors (Lipinski definition) is 1. The predicted octanol–water partition coefficient (Wildman–Crippen LogP) is 5.68. The zero-order valence-corrected chi connectivity index (χ0v) is 17.7. The topological polar surface area (TPSA) is 70.8 Å². The summed E-state index contributed by atoms with van der Waals surface area (Å²) in [5.74, 6) is -0.585. The Labute approximate surface area is 185 Å². The second-order valence-corrected chi connectivity index (χ2v) is 8.01. The van der Waals surface area contributed by atoms with Gasteiger partial charge >= 0.3 is 0 Å². The van der Waals surface area contributed by atoms with Gasteiger partial charge in [-0.15, -0.1) is 0 Å². The SMILES string of the molecule is Cc1ccc(N2C(=O)C(=O)/C(=C(\O)c3ccc4ccccc4c3)C2c2ccc(C)o2)cc1. The molecule has 0 saturated carbocycles. The minimum atomic E-state index is -0.863. The van der Waals surface area contributed by atoms with E-state index < -0.39 is 17.7 Å². The van der Waals surface area contributed by atoms with Gasteiger partial charge in [0.15, 0.2) is 0 Å². The molecular formula is C27H21NO4. The molecule has 1 aliphatic heterocycles. The lowest BCUT2D eigenvalue weighted by molar-refractivity contribution is -0.132. The van der Waals surface area contributed by atoms with E-state index >= 15 is 0 Å². The van der Waals surface area contributed by atoms with Gasteiger partial charge in [0.1, 0.15) is 23.3 Å². The highest BCUT2D eigenvalue weighted by Crippen LogP contribution is 2.42. The van der Waals surface area contributed by atoms with E-state index in [1.165, 1.54) is 4.90 Å². The van der Waals surface area contributed by atoms with E-state index in [9.17, 15) is 14.7 Å². The first-order chi connectivity index (χ1) is 15.4. The number of aryl methyl sites for hydroxylation is 2. The molecule has 1 atom stereocenters. The number of aliphatic hydroxyl groups excluding tert-OH is 1. The van der Waals surface area contributed by atoms with Crippen LogP contribution in [0.3, 0.4) is 0 Å². The molecule has 1 aromatic heterocycles. The first-order valence-corrected chi connectivity index (χ1v) is 10.4. The largest absolute Gasteiger partial charge is 0.507 e. The van der Waals surface area contributed by atoms with Crippen LogP contribution in [0, 0.1) is 13.8 Å². The van der Waals surface area contributed by atoms with Gasteiger partial charge in [0.2, 0.25) is 0 Å². The summed E-state index contributed by atoms with van der Waals surface area (Å²) in [6, 6.07) is 23.2. The third-order valence-corrected chi connectivity index (χ3v) is 5.81. The van der Waals surface area contributed by atoms with Crippen LogP contribution in [0.15, 0.2) is 88.9 Å². The fraction of sp³-hybridized carbons (Fsp3) is 0.111. The van der Waals surface area contributed by atoms with Crippen LogP contribution in [-0.4, -0.2) is 16.8 Å². The summed E-state index contributed by atoms with van der Waals surface area (Å²) in [4.78, 5) is 27.7. The number of carbonyl (C=O) groups excluding carboxylic acids is 2. The van der Waals surface area contributed by atoms with Crippen molar-refractivity contribution in [1.29, 1.82) is 0 Å². The zero-order valence-electron chi connectivity index (χ0n) is 17.7. The molecule has 5 nitrogen and oxygen atoms in total. The normalized spacial score (nSPS) is 17.9. The first-order valence-electron chi connectivity index (χ1n) is 10.4. The van der Waals surface area contributed by atoms with Crippen LogP contribution < -0.4 is 4.90 Å². The lowest BCUT2D eigenvalue weighted by Crippen LogP contribution is -2.29. The van der Waals surface area contributed by atoms with Crippen LogP contribution in [0.25, 0.3) is 16.5 Å². The summed E-state index contributed by atoms with van der Waals surface area (Å²) >= 11 is 0. The summed E-state index contributed by atoms with van der Waals surface area (Å²) in [5.41, 5.74) is 2.08. The van der Waals surface area contributed by atoms with E-state index in [2.05, 4.69) is 0 Å². The minimum Gasteiger partial charge on any atom is -0.507 e. The molecule has 158 valence electrons. The van der Waals surface area contributed by atoms with Gasteiger partial charge in [-0.2, -0.15) is 0 Å². The molecule has 0 spiro atoms. The molecule has 3 aromatic carbocycles. The Morgan fingerprint density at radius 3 is 2.28 bits per heavy atom. The van der Waals surface area contributed by atoms with E-state index in [0.717, 1.165) is 16.3 Å². The molecule has 4 aromatic rings. The Kier molecular flexibility index (Phi) is 4.67. The van der Waals surface area contributed by atoms with Crippen LogP contribution in [-0.2, 0) is 9.59 Å². The van der Waals surface area contributed by atoms with Crippen molar-refractivity contribution in [3.05, 3.63) is 107 Å². The number of ketones is 1. The number of nitrogens with zero attached hydrogens (tertiary/aromatic N) is 1. The predicted molar refractivity (Wildman–Crippen MR) is 123 cm³/mol. The van der Waals surface area contributed by atoms with Crippen LogP contribution >= 0.6 is 0 Å². The van der Waals surface area contributed by atoms with Gasteiger partial charge in [0, 0.05) is 11.3 Å².